The number of ether oxygens (including phenoxy) is 1. The van der Waals surface area contributed by atoms with E-state index in [1.807, 2.05) is 4.90 Å². The monoisotopic (exact) mass is 660 g/mol. The Morgan fingerprint density at radius 2 is 1.60 bits per heavy atom. The van der Waals surface area contributed by atoms with Gasteiger partial charge >= 0.3 is 12.4 Å². The molecule has 7 nitrogen and oxygen atoms in total. The van der Waals surface area contributed by atoms with Crippen LogP contribution in [0.5, 0.6) is 5.88 Å². The highest BCUT2D eigenvalue weighted by atomic mass is 32.2. The SMILES string of the molecule is CCN(Cc1cc(C(F)(F)F)cc(C(F)(F)F)c1)C(=O)c1c(-c2ccc(F)cc2)cc(N2CCC(NS(C)=O)CC2)nc1OC. The minimum absolute atomic E-state index is 0.0261. The quantitative estimate of drug-likeness (QED) is 0.267. The molecular weight excluding hydrogens is 629 g/mol. The molecule has 0 aliphatic carbocycles. The summed E-state index contributed by atoms with van der Waals surface area (Å²) in [5, 5.41) is 0. The second-order valence-corrected chi connectivity index (χ2v) is 11.6. The number of rotatable bonds is 9. The molecule has 1 unspecified atom stereocenters. The molecular formula is C30H31F7N4O3S. The summed E-state index contributed by atoms with van der Waals surface area (Å²) in [7, 11) is 0.0971. The van der Waals surface area contributed by atoms with Crippen LogP contribution in [0, 0.1) is 5.82 Å². The van der Waals surface area contributed by atoms with E-state index in [9.17, 15) is 39.7 Å². The lowest BCUT2D eigenvalue weighted by atomic mass is 9.98. The molecule has 4 rings (SSSR count). The lowest BCUT2D eigenvalue weighted by Gasteiger charge is -2.33. The van der Waals surface area contributed by atoms with Crippen molar-refractivity contribution in [2.24, 2.45) is 0 Å². The molecule has 1 aliphatic rings. The lowest BCUT2D eigenvalue weighted by molar-refractivity contribution is -0.143. The molecule has 1 fully saturated rings. The molecule has 2 heterocycles. The molecule has 244 valence electrons. The van der Waals surface area contributed by atoms with Gasteiger partial charge in [0.2, 0.25) is 5.88 Å². The van der Waals surface area contributed by atoms with Gasteiger partial charge in [-0.3, -0.25) is 4.79 Å². The van der Waals surface area contributed by atoms with Crippen LogP contribution in [0.15, 0.2) is 48.5 Å². The van der Waals surface area contributed by atoms with E-state index in [4.69, 9.17) is 4.74 Å². The van der Waals surface area contributed by atoms with Gasteiger partial charge in [-0.2, -0.15) is 31.3 Å². The van der Waals surface area contributed by atoms with E-state index in [1.165, 1.54) is 38.3 Å². The highest BCUT2D eigenvalue weighted by Crippen LogP contribution is 2.38. The van der Waals surface area contributed by atoms with Crippen molar-refractivity contribution in [1.29, 1.82) is 0 Å². The van der Waals surface area contributed by atoms with E-state index in [1.54, 1.807) is 12.3 Å². The Kier molecular flexibility index (Phi) is 10.4. The van der Waals surface area contributed by atoms with E-state index in [0.29, 0.717) is 49.4 Å². The number of amides is 1. The van der Waals surface area contributed by atoms with Crippen molar-refractivity contribution >= 4 is 22.7 Å². The first kappa shape index (κ1) is 34.2. The third-order valence-corrected chi connectivity index (χ3v) is 8.04. The van der Waals surface area contributed by atoms with Gasteiger partial charge < -0.3 is 14.5 Å². The van der Waals surface area contributed by atoms with Crippen molar-refractivity contribution < 1.29 is 44.5 Å². The number of carbonyl (C=O) groups is 1. The maximum atomic E-state index is 14.1. The predicted octanol–water partition coefficient (Wildman–Crippen LogP) is 6.45. The van der Waals surface area contributed by atoms with Crippen LogP contribution in [0.1, 0.15) is 46.8 Å². The zero-order chi connectivity index (χ0) is 33.1. The first-order valence-corrected chi connectivity index (χ1v) is 15.4. The molecule has 1 aromatic heterocycles. The molecule has 45 heavy (non-hydrogen) atoms. The third kappa shape index (κ3) is 8.31. The zero-order valence-corrected chi connectivity index (χ0v) is 25.4. The second kappa shape index (κ2) is 13.7. The van der Waals surface area contributed by atoms with Crippen molar-refractivity contribution in [2.45, 2.75) is 44.7 Å². The standard InChI is InChI=1S/C30H31F7N4O3S/c1-4-40(17-18-13-20(29(32,33)34)15-21(14-18)30(35,36)37)28(42)26-24(19-5-7-22(31)8-6-19)16-25(38-27(26)44-2)41-11-9-23(10-12-41)39-45(3)43/h5-8,13-16,23,39H,4,9-12,17H2,1-3H3. The fraction of sp³-hybridized carbons (Fsp3) is 0.400. The number of nitrogens with zero attached hydrogens (tertiary/aromatic N) is 3. The van der Waals surface area contributed by atoms with E-state index < -0.39 is 52.7 Å². The highest BCUT2D eigenvalue weighted by Gasteiger charge is 2.37. The van der Waals surface area contributed by atoms with Crippen LogP contribution in [0.25, 0.3) is 11.1 Å². The smallest absolute Gasteiger partial charge is 0.416 e. The molecule has 1 atom stereocenters. The number of nitrogens with one attached hydrogen (secondary N) is 1. The summed E-state index contributed by atoms with van der Waals surface area (Å²) in [6.07, 6.45) is -7.25. The van der Waals surface area contributed by atoms with Gasteiger partial charge in [0.05, 0.1) is 29.2 Å². The topological polar surface area (TPSA) is 74.8 Å². The maximum absolute atomic E-state index is 14.1. The molecule has 1 N–H and O–H groups in total. The molecule has 0 spiro atoms. The molecule has 3 aromatic rings. The molecule has 15 heteroatoms. The second-order valence-electron chi connectivity index (χ2n) is 10.5. The fourth-order valence-electron chi connectivity index (χ4n) is 5.16. The van der Waals surface area contributed by atoms with Crippen molar-refractivity contribution in [3.8, 4) is 17.0 Å². The van der Waals surface area contributed by atoms with Crippen molar-refractivity contribution in [3.63, 3.8) is 0 Å². The van der Waals surface area contributed by atoms with Crippen LogP contribution in [0.2, 0.25) is 0 Å². The van der Waals surface area contributed by atoms with Gasteiger partial charge in [-0.15, -0.1) is 0 Å². The first-order chi connectivity index (χ1) is 21.1. The number of pyridine rings is 1. The van der Waals surface area contributed by atoms with Crippen molar-refractivity contribution in [1.82, 2.24) is 14.6 Å². The number of alkyl halides is 6. The molecule has 0 saturated carbocycles. The third-order valence-electron chi connectivity index (χ3n) is 7.38. The number of benzene rings is 2. The lowest BCUT2D eigenvalue weighted by Crippen LogP contribution is -2.43. The average molecular weight is 661 g/mol. The normalized spacial score (nSPS) is 15.2. The summed E-state index contributed by atoms with van der Waals surface area (Å²) in [5.41, 5.74) is -2.74. The first-order valence-electron chi connectivity index (χ1n) is 13.9. The van der Waals surface area contributed by atoms with Crippen molar-refractivity contribution in [2.75, 3.05) is 37.9 Å². The van der Waals surface area contributed by atoms with E-state index >= 15 is 0 Å². The number of hydrogen-bond donors (Lipinski definition) is 1. The molecule has 0 radical (unpaired) electrons. The number of aromatic nitrogens is 1. The number of piperidine rings is 1. The van der Waals surface area contributed by atoms with Crippen molar-refractivity contribution in [3.05, 3.63) is 76.6 Å². The largest absolute Gasteiger partial charge is 0.480 e. The molecule has 1 amide bonds. The fourth-order valence-corrected chi connectivity index (χ4v) is 5.86. The van der Waals surface area contributed by atoms with Gasteiger partial charge in [0, 0.05) is 44.0 Å². The summed E-state index contributed by atoms with van der Waals surface area (Å²) in [4.78, 5) is 21.6. The number of carbonyl (C=O) groups excluding carboxylic acids is 1. The Labute approximate surface area is 258 Å². The van der Waals surface area contributed by atoms with Crippen LogP contribution in [0.4, 0.5) is 36.6 Å². The molecule has 1 aliphatic heterocycles. The van der Waals surface area contributed by atoms with Crippen LogP contribution >= 0.6 is 0 Å². The Balaban J connectivity index is 1.76. The van der Waals surface area contributed by atoms with Crippen LogP contribution in [-0.4, -0.2) is 59.0 Å². The summed E-state index contributed by atoms with van der Waals surface area (Å²) < 4.78 is 115. The van der Waals surface area contributed by atoms with E-state index in [0.717, 1.165) is 4.90 Å². The summed E-state index contributed by atoms with van der Waals surface area (Å²) in [6, 6.07) is 8.10. The van der Waals surface area contributed by atoms with Gasteiger partial charge in [-0.25, -0.2) is 13.3 Å². The Morgan fingerprint density at radius 3 is 2.09 bits per heavy atom. The maximum Gasteiger partial charge on any atom is 0.416 e. The van der Waals surface area contributed by atoms with Gasteiger partial charge in [-0.05, 0) is 67.3 Å². The minimum Gasteiger partial charge on any atom is -0.480 e. The Morgan fingerprint density at radius 1 is 1.02 bits per heavy atom. The number of anilines is 1. The Bertz CT molecular complexity index is 1510. The average Bonchev–Trinajstić information content (AvgIpc) is 2.98. The minimum atomic E-state index is -5.05. The molecule has 1 saturated heterocycles. The Hall–Kier alpha value is -3.72. The summed E-state index contributed by atoms with van der Waals surface area (Å²) >= 11 is 0. The van der Waals surface area contributed by atoms with Crippen LogP contribution in [-0.2, 0) is 29.9 Å². The van der Waals surface area contributed by atoms with Crippen LogP contribution < -0.4 is 14.4 Å². The molecule has 0 bridgehead atoms. The molecule has 2 aromatic carbocycles. The van der Waals surface area contributed by atoms with Gasteiger partial charge in [0.1, 0.15) is 17.2 Å². The van der Waals surface area contributed by atoms with Gasteiger partial charge in [0.15, 0.2) is 0 Å². The predicted molar refractivity (Wildman–Crippen MR) is 155 cm³/mol. The van der Waals surface area contributed by atoms with Crippen LogP contribution in [0.3, 0.4) is 0 Å². The van der Waals surface area contributed by atoms with E-state index in [-0.39, 0.29) is 41.2 Å². The number of methoxy groups -OCH3 is 1. The highest BCUT2D eigenvalue weighted by molar-refractivity contribution is 7.82. The van der Waals surface area contributed by atoms with Gasteiger partial charge in [0.25, 0.3) is 5.91 Å². The summed E-state index contributed by atoms with van der Waals surface area (Å²) in [5.74, 6) is -0.970. The zero-order valence-electron chi connectivity index (χ0n) is 24.6. The number of hydrogen-bond acceptors (Lipinski definition) is 5. The number of halogens is 7. The van der Waals surface area contributed by atoms with E-state index in [2.05, 4.69) is 9.71 Å². The van der Waals surface area contributed by atoms with Gasteiger partial charge in [-0.1, -0.05) is 12.1 Å². The summed E-state index contributed by atoms with van der Waals surface area (Å²) in [6.45, 7) is 1.93.